The summed E-state index contributed by atoms with van der Waals surface area (Å²) in [7, 11) is 0. The van der Waals surface area contributed by atoms with Crippen LogP contribution in [0.5, 0.6) is 0 Å². The van der Waals surface area contributed by atoms with Crippen molar-refractivity contribution in [2.75, 3.05) is 9.80 Å². The molecule has 0 spiro atoms. The standard InChI is InChI=1S/C38H27BrN2/c39-30-25-33(40(31-17-3-1-4-18-31)37-23-11-15-28-13-7-9-21-35(28)37)27-34(26-30)41(32-19-5-2-6-20-32)38-24-12-16-29-14-8-10-22-36(29)38/h1-27H/i1D,2D,3D,4D,5D,6D,17D,18D,19D,20D. The number of anilines is 6. The smallest absolute Gasteiger partial charge is 0.0645 e. The number of benzene rings is 7. The van der Waals surface area contributed by atoms with Gasteiger partial charge in [0.15, 0.2) is 0 Å². The lowest BCUT2D eigenvalue weighted by molar-refractivity contribution is 1.26. The van der Waals surface area contributed by atoms with Gasteiger partial charge in [-0.25, -0.2) is 0 Å². The molecule has 0 unspecified atom stereocenters. The maximum atomic E-state index is 9.00. The van der Waals surface area contributed by atoms with E-state index in [0.717, 1.165) is 21.5 Å². The maximum Gasteiger partial charge on any atom is 0.0645 e. The first kappa shape index (κ1) is 16.4. The first-order valence-electron chi connectivity index (χ1n) is 17.9. The highest BCUT2D eigenvalue weighted by molar-refractivity contribution is 9.10. The largest absolute Gasteiger partial charge is 0.310 e. The summed E-state index contributed by atoms with van der Waals surface area (Å²) in [5.41, 5.74) is 1.67. The van der Waals surface area contributed by atoms with Gasteiger partial charge in [0.2, 0.25) is 0 Å². The molecule has 0 saturated carbocycles. The van der Waals surface area contributed by atoms with Crippen molar-refractivity contribution in [1.82, 2.24) is 0 Å². The number of rotatable bonds is 6. The lowest BCUT2D eigenvalue weighted by Crippen LogP contribution is -2.14. The van der Waals surface area contributed by atoms with Gasteiger partial charge in [0.25, 0.3) is 0 Å². The number of hydrogen-bond donors (Lipinski definition) is 0. The Morgan fingerprint density at radius 2 is 0.854 bits per heavy atom. The van der Waals surface area contributed by atoms with Crippen LogP contribution in [0.3, 0.4) is 0 Å². The van der Waals surface area contributed by atoms with E-state index in [-0.39, 0.29) is 11.4 Å². The summed E-state index contributed by atoms with van der Waals surface area (Å²) in [6, 6.07) is 26.8. The van der Waals surface area contributed by atoms with Crippen molar-refractivity contribution in [2.45, 2.75) is 0 Å². The fourth-order valence-electron chi connectivity index (χ4n) is 5.11. The van der Waals surface area contributed by atoms with Crippen LogP contribution in [0, 0.1) is 0 Å². The van der Waals surface area contributed by atoms with E-state index >= 15 is 0 Å². The molecule has 0 heterocycles. The van der Waals surface area contributed by atoms with Gasteiger partial charge in [-0.15, -0.1) is 0 Å². The maximum absolute atomic E-state index is 9.00. The van der Waals surface area contributed by atoms with Crippen molar-refractivity contribution in [3.63, 3.8) is 0 Å². The van der Waals surface area contributed by atoms with E-state index in [2.05, 4.69) is 15.9 Å². The van der Waals surface area contributed by atoms with Crippen molar-refractivity contribution in [1.29, 1.82) is 0 Å². The third-order valence-electron chi connectivity index (χ3n) is 6.82. The summed E-state index contributed by atoms with van der Waals surface area (Å²) in [6.07, 6.45) is 0. The summed E-state index contributed by atoms with van der Waals surface area (Å²) in [6.45, 7) is 0. The second-order valence-electron chi connectivity index (χ2n) is 9.28. The Morgan fingerprint density at radius 3 is 1.32 bits per heavy atom. The van der Waals surface area contributed by atoms with Crippen molar-refractivity contribution < 1.29 is 13.7 Å². The lowest BCUT2D eigenvalue weighted by Gasteiger charge is -2.31. The molecule has 196 valence electrons. The number of para-hydroxylation sites is 2. The molecular weight excluding hydrogens is 564 g/mol. The summed E-state index contributed by atoms with van der Waals surface area (Å²) in [4.78, 5) is 3.22. The fraction of sp³-hybridized carbons (Fsp3) is 0. The molecule has 2 nitrogen and oxygen atoms in total. The number of nitrogens with zero attached hydrogens (tertiary/aromatic N) is 2. The highest BCUT2D eigenvalue weighted by atomic mass is 79.9. The predicted octanol–water partition coefficient (Wildman–Crippen LogP) is 11.7. The van der Waals surface area contributed by atoms with E-state index in [9.17, 15) is 0 Å². The van der Waals surface area contributed by atoms with Gasteiger partial charge in [-0.1, -0.05) is 125 Å². The van der Waals surface area contributed by atoms with Gasteiger partial charge in [-0.2, -0.15) is 0 Å². The SMILES string of the molecule is [2H]c1c([2H])c([2H])c(N(c2cc(Br)cc(N(c3c([2H])c([2H])c([2H])c([2H])c3[2H])c3cccc4ccccc34)c2)c2cccc3ccccc23)c([2H])c1[2H]. The summed E-state index contributed by atoms with van der Waals surface area (Å²) >= 11 is 3.65. The van der Waals surface area contributed by atoms with Gasteiger partial charge in [0.1, 0.15) is 0 Å². The van der Waals surface area contributed by atoms with Crippen LogP contribution in [0.25, 0.3) is 21.5 Å². The highest BCUT2D eigenvalue weighted by Gasteiger charge is 2.20. The minimum absolute atomic E-state index is 0.0825. The molecule has 0 atom stereocenters. The number of halogens is 1. The van der Waals surface area contributed by atoms with Crippen molar-refractivity contribution in [2.24, 2.45) is 0 Å². The Balaban J connectivity index is 1.60. The van der Waals surface area contributed by atoms with Crippen molar-refractivity contribution in [3.05, 3.63) is 168 Å². The molecule has 0 bridgehead atoms. The molecule has 7 rings (SSSR count). The van der Waals surface area contributed by atoms with Crippen LogP contribution in [0.1, 0.15) is 13.7 Å². The zero-order chi connectivity index (χ0) is 36.3. The topological polar surface area (TPSA) is 6.48 Å². The molecule has 41 heavy (non-hydrogen) atoms. The van der Waals surface area contributed by atoms with Gasteiger partial charge in [0, 0.05) is 38.0 Å². The average molecular weight is 602 g/mol. The molecule has 0 fully saturated rings. The van der Waals surface area contributed by atoms with Crippen LogP contribution in [0.15, 0.2) is 168 Å². The molecule has 7 aromatic carbocycles. The van der Waals surface area contributed by atoms with Gasteiger partial charge in [0.05, 0.1) is 25.1 Å². The third kappa shape index (κ3) is 4.86. The van der Waals surface area contributed by atoms with Crippen LogP contribution in [-0.2, 0) is 0 Å². The van der Waals surface area contributed by atoms with Gasteiger partial charge in [-0.3, -0.25) is 0 Å². The Hall–Kier alpha value is -4.86. The van der Waals surface area contributed by atoms with Crippen molar-refractivity contribution >= 4 is 71.6 Å². The van der Waals surface area contributed by atoms with Crippen LogP contribution >= 0.6 is 15.9 Å². The van der Waals surface area contributed by atoms with E-state index in [1.54, 1.807) is 28.0 Å². The monoisotopic (exact) mass is 600 g/mol. The van der Waals surface area contributed by atoms with Crippen LogP contribution < -0.4 is 9.80 Å². The first-order chi connectivity index (χ1) is 24.4. The van der Waals surface area contributed by atoms with E-state index in [1.165, 1.54) is 0 Å². The second kappa shape index (κ2) is 11.0. The molecule has 7 aromatic rings. The Morgan fingerprint density at radius 1 is 0.439 bits per heavy atom. The zero-order valence-electron chi connectivity index (χ0n) is 31.6. The molecule has 0 radical (unpaired) electrons. The van der Waals surface area contributed by atoms with Crippen LogP contribution in [-0.4, -0.2) is 0 Å². The van der Waals surface area contributed by atoms with E-state index < -0.39 is 60.4 Å². The van der Waals surface area contributed by atoms with E-state index in [1.807, 2.05) is 84.9 Å². The molecule has 0 amide bonds. The Bertz CT molecular complexity index is 2300. The molecular formula is C38H27BrN2. The quantitative estimate of drug-likeness (QED) is 0.187. The summed E-state index contributed by atoms with van der Waals surface area (Å²) in [5.74, 6) is 0. The normalized spacial score (nSPS) is 14.5. The Labute approximate surface area is 262 Å². The van der Waals surface area contributed by atoms with Crippen LogP contribution in [0.4, 0.5) is 34.1 Å². The minimum Gasteiger partial charge on any atom is -0.310 e. The average Bonchev–Trinajstić information content (AvgIpc) is 3.14. The Kier molecular flexibility index (Phi) is 4.39. The molecule has 3 heteroatoms. The number of fused-ring (bicyclic) bond motifs is 2. The van der Waals surface area contributed by atoms with Gasteiger partial charge in [-0.05, 0) is 65.3 Å². The third-order valence-corrected chi connectivity index (χ3v) is 7.28. The zero-order valence-corrected chi connectivity index (χ0v) is 23.2. The van der Waals surface area contributed by atoms with Gasteiger partial charge >= 0.3 is 0 Å². The minimum atomic E-state index is -0.523. The molecule has 0 N–H and O–H groups in total. The molecule has 0 aliphatic heterocycles. The number of hydrogen-bond acceptors (Lipinski definition) is 2. The lowest BCUT2D eigenvalue weighted by atomic mass is 10.1. The predicted molar refractivity (Wildman–Crippen MR) is 179 cm³/mol. The van der Waals surface area contributed by atoms with Crippen LogP contribution in [0.2, 0.25) is 0 Å². The second-order valence-corrected chi connectivity index (χ2v) is 10.2. The first-order valence-corrected chi connectivity index (χ1v) is 13.7. The molecule has 0 aliphatic carbocycles. The van der Waals surface area contributed by atoms with E-state index in [4.69, 9.17) is 13.7 Å². The molecule has 0 aliphatic rings. The summed E-state index contributed by atoms with van der Waals surface area (Å²) in [5, 5.41) is 3.23. The van der Waals surface area contributed by atoms with E-state index in [0.29, 0.717) is 27.2 Å². The highest BCUT2D eigenvalue weighted by Crippen LogP contribution is 2.45. The van der Waals surface area contributed by atoms with Gasteiger partial charge < -0.3 is 9.80 Å². The van der Waals surface area contributed by atoms with Crippen molar-refractivity contribution in [3.8, 4) is 0 Å². The summed E-state index contributed by atoms with van der Waals surface area (Å²) < 4.78 is 87.2. The fourth-order valence-corrected chi connectivity index (χ4v) is 5.58. The molecule has 0 aromatic heterocycles. The molecule has 0 saturated heterocycles.